The fourth-order valence-corrected chi connectivity index (χ4v) is 2.65. The standard InChI is InChI=1S/C13H14N2O2/c1-15-13(17)12(16)10-7-6-8-4-2-3-5-9(8)11(10)14-15/h2-5,10,12,16H,6-7H2,1H3/t10-,12+/m1/s1. The molecule has 0 saturated carbocycles. The number of likely N-dealkylation sites (N-methyl/N-ethyl adjacent to an activating group) is 1. The van der Waals surface area contributed by atoms with Gasteiger partial charge in [-0.3, -0.25) is 4.79 Å². The third-order valence-corrected chi connectivity index (χ3v) is 3.58. The Morgan fingerprint density at radius 3 is 3.00 bits per heavy atom. The van der Waals surface area contributed by atoms with Crippen molar-refractivity contribution in [3.8, 4) is 0 Å². The molecular weight excluding hydrogens is 216 g/mol. The quantitative estimate of drug-likeness (QED) is 0.716. The number of aliphatic hydroxyl groups is 1. The Kier molecular flexibility index (Phi) is 2.26. The molecule has 88 valence electrons. The van der Waals surface area contributed by atoms with Gasteiger partial charge >= 0.3 is 0 Å². The lowest BCUT2D eigenvalue weighted by Gasteiger charge is -2.35. The molecule has 17 heavy (non-hydrogen) atoms. The molecule has 1 aromatic rings. The lowest BCUT2D eigenvalue weighted by molar-refractivity contribution is -0.141. The molecule has 1 aromatic carbocycles. The summed E-state index contributed by atoms with van der Waals surface area (Å²) in [5.74, 6) is -0.452. The van der Waals surface area contributed by atoms with Gasteiger partial charge in [0.1, 0.15) is 6.10 Å². The van der Waals surface area contributed by atoms with Crippen LogP contribution in [0, 0.1) is 5.92 Å². The monoisotopic (exact) mass is 230 g/mol. The number of nitrogens with zero attached hydrogens (tertiary/aromatic N) is 2. The summed E-state index contributed by atoms with van der Waals surface area (Å²) in [4.78, 5) is 11.7. The zero-order chi connectivity index (χ0) is 12.0. The number of fused-ring (bicyclic) bond motifs is 3. The van der Waals surface area contributed by atoms with Crippen LogP contribution < -0.4 is 0 Å². The molecule has 3 rings (SSSR count). The van der Waals surface area contributed by atoms with Gasteiger partial charge in [-0.05, 0) is 18.4 Å². The van der Waals surface area contributed by atoms with Gasteiger partial charge in [0.25, 0.3) is 5.91 Å². The Morgan fingerprint density at radius 2 is 2.18 bits per heavy atom. The van der Waals surface area contributed by atoms with Crippen LogP contribution in [-0.2, 0) is 11.2 Å². The van der Waals surface area contributed by atoms with Crippen molar-refractivity contribution in [2.75, 3.05) is 7.05 Å². The van der Waals surface area contributed by atoms with Crippen LogP contribution in [0.3, 0.4) is 0 Å². The third-order valence-electron chi connectivity index (χ3n) is 3.58. The number of hydrogen-bond donors (Lipinski definition) is 1. The van der Waals surface area contributed by atoms with E-state index < -0.39 is 6.10 Å². The molecule has 0 bridgehead atoms. The average molecular weight is 230 g/mol. The fraction of sp³-hybridized carbons (Fsp3) is 0.385. The SMILES string of the molecule is CN1N=C2c3ccccc3CC[C@H]2[C@H](O)C1=O. The molecule has 1 aliphatic heterocycles. The Morgan fingerprint density at radius 1 is 1.41 bits per heavy atom. The summed E-state index contributed by atoms with van der Waals surface area (Å²) in [6.45, 7) is 0. The molecule has 1 heterocycles. The molecule has 0 aromatic heterocycles. The van der Waals surface area contributed by atoms with Gasteiger partial charge in [0, 0.05) is 18.5 Å². The van der Waals surface area contributed by atoms with Crippen molar-refractivity contribution in [2.24, 2.45) is 11.0 Å². The molecule has 0 radical (unpaired) electrons. The van der Waals surface area contributed by atoms with Gasteiger partial charge in [0.15, 0.2) is 0 Å². The van der Waals surface area contributed by atoms with Gasteiger partial charge < -0.3 is 5.11 Å². The zero-order valence-electron chi connectivity index (χ0n) is 9.63. The van der Waals surface area contributed by atoms with Crippen molar-refractivity contribution >= 4 is 11.6 Å². The highest BCUT2D eigenvalue weighted by Gasteiger charge is 2.39. The van der Waals surface area contributed by atoms with E-state index in [0.717, 1.165) is 24.1 Å². The number of benzene rings is 1. The molecule has 0 saturated heterocycles. The first-order chi connectivity index (χ1) is 8.18. The molecular formula is C13H14N2O2. The number of amides is 1. The largest absolute Gasteiger partial charge is 0.382 e. The molecule has 4 heteroatoms. The Labute approximate surface area is 99.6 Å². The Bertz CT molecular complexity index is 510. The topological polar surface area (TPSA) is 52.9 Å². The molecule has 0 unspecified atom stereocenters. The number of hydrogen-bond acceptors (Lipinski definition) is 3. The number of carbonyl (C=O) groups excluding carboxylic acids is 1. The summed E-state index contributed by atoms with van der Waals surface area (Å²) < 4.78 is 0. The van der Waals surface area contributed by atoms with Crippen molar-refractivity contribution in [2.45, 2.75) is 18.9 Å². The number of hydrazone groups is 1. The first-order valence-corrected chi connectivity index (χ1v) is 5.81. The van der Waals surface area contributed by atoms with Crippen molar-refractivity contribution in [3.63, 3.8) is 0 Å². The van der Waals surface area contributed by atoms with Crippen LogP contribution in [0.15, 0.2) is 29.4 Å². The van der Waals surface area contributed by atoms with E-state index in [-0.39, 0.29) is 11.8 Å². The zero-order valence-corrected chi connectivity index (χ0v) is 9.63. The fourth-order valence-electron chi connectivity index (χ4n) is 2.65. The Balaban J connectivity index is 2.13. The minimum Gasteiger partial charge on any atom is -0.382 e. The predicted molar refractivity (Wildman–Crippen MR) is 63.6 cm³/mol. The molecule has 0 spiro atoms. The molecule has 0 fully saturated rings. The minimum absolute atomic E-state index is 0.145. The summed E-state index contributed by atoms with van der Waals surface area (Å²) in [6.07, 6.45) is 0.741. The molecule has 1 amide bonds. The van der Waals surface area contributed by atoms with Gasteiger partial charge in [0.05, 0.1) is 5.71 Å². The second-order valence-corrected chi connectivity index (χ2v) is 4.59. The van der Waals surface area contributed by atoms with Crippen LogP contribution in [0.4, 0.5) is 0 Å². The van der Waals surface area contributed by atoms with E-state index >= 15 is 0 Å². The summed E-state index contributed by atoms with van der Waals surface area (Å²) in [7, 11) is 1.59. The van der Waals surface area contributed by atoms with Crippen LogP contribution in [-0.4, -0.2) is 34.9 Å². The second kappa shape index (κ2) is 3.67. The number of rotatable bonds is 0. The molecule has 1 N–H and O–H groups in total. The maximum absolute atomic E-state index is 11.7. The lowest BCUT2D eigenvalue weighted by Crippen LogP contribution is -2.48. The summed E-state index contributed by atoms with van der Waals surface area (Å²) in [5.41, 5.74) is 3.17. The maximum atomic E-state index is 11.7. The van der Waals surface area contributed by atoms with Crippen molar-refractivity contribution in [3.05, 3.63) is 35.4 Å². The number of carbonyl (C=O) groups is 1. The molecule has 1 aliphatic carbocycles. The minimum atomic E-state index is -0.944. The second-order valence-electron chi connectivity index (χ2n) is 4.59. The van der Waals surface area contributed by atoms with Gasteiger partial charge in [-0.1, -0.05) is 24.3 Å². The highest BCUT2D eigenvalue weighted by molar-refractivity contribution is 6.08. The molecule has 2 aliphatic rings. The van der Waals surface area contributed by atoms with E-state index in [0.29, 0.717) is 0 Å². The van der Waals surface area contributed by atoms with E-state index in [4.69, 9.17) is 0 Å². The Hall–Kier alpha value is -1.68. The van der Waals surface area contributed by atoms with Crippen LogP contribution >= 0.6 is 0 Å². The molecule has 4 nitrogen and oxygen atoms in total. The van der Waals surface area contributed by atoms with Gasteiger partial charge in [-0.2, -0.15) is 5.10 Å². The van der Waals surface area contributed by atoms with Gasteiger partial charge in [-0.15, -0.1) is 0 Å². The van der Waals surface area contributed by atoms with Crippen LogP contribution in [0.1, 0.15) is 17.5 Å². The van der Waals surface area contributed by atoms with Crippen molar-refractivity contribution < 1.29 is 9.90 Å². The van der Waals surface area contributed by atoms with Crippen LogP contribution in [0.5, 0.6) is 0 Å². The smallest absolute Gasteiger partial charge is 0.271 e. The van der Waals surface area contributed by atoms with E-state index in [2.05, 4.69) is 11.2 Å². The normalized spacial score (nSPS) is 27.3. The summed E-state index contributed by atoms with van der Waals surface area (Å²) in [5, 5.41) is 15.6. The third kappa shape index (κ3) is 1.48. The summed E-state index contributed by atoms with van der Waals surface area (Å²) >= 11 is 0. The highest BCUT2D eigenvalue weighted by atomic mass is 16.3. The van der Waals surface area contributed by atoms with E-state index in [1.165, 1.54) is 10.6 Å². The van der Waals surface area contributed by atoms with Crippen LogP contribution in [0.25, 0.3) is 0 Å². The van der Waals surface area contributed by atoms with Crippen LogP contribution in [0.2, 0.25) is 0 Å². The average Bonchev–Trinajstić information content (AvgIpc) is 2.36. The van der Waals surface area contributed by atoms with E-state index in [1.807, 2.05) is 18.2 Å². The van der Waals surface area contributed by atoms with Crippen molar-refractivity contribution in [1.82, 2.24) is 5.01 Å². The first-order valence-electron chi connectivity index (χ1n) is 5.81. The lowest BCUT2D eigenvalue weighted by atomic mass is 9.78. The highest BCUT2D eigenvalue weighted by Crippen LogP contribution is 2.31. The maximum Gasteiger partial charge on any atom is 0.271 e. The number of aliphatic hydroxyl groups excluding tert-OH is 1. The predicted octanol–water partition coefficient (Wildman–Crippen LogP) is 0.786. The summed E-state index contributed by atoms with van der Waals surface area (Å²) in [6, 6.07) is 8.06. The number of aryl methyl sites for hydroxylation is 1. The van der Waals surface area contributed by atoms with Gasteiger partial charge in [-0.25, -0.2) is 5.01 Å². The first kappa shape index (κ1) is 10.5. The van der Waals surface area contributed by atoms with E-state index in [1.54, 1.807) is 7.05 Å². The van der Waals surface area contributed by atoms with Crippen molar-refractivity contribution in [1.29, 1.82) is 0 Å². The van der Waals surface area contributed by atoms with Gasteiger partial charge in [0.2, 0.25) is 0 Å². The van der Waals surface area contributed by atoms with E-state index in [9.17, 15) is 9.90 Å². The molecule has 2 atom stereocenters.